The van der Waals surface area contributed by atoms with Crippen molar-refractivity contribution in [2.75, 3.05) is 20.8 Å². The maximum absolute atomic E-state index is 13.5. The third-order valence-electron chi connectivity index (χ3n) is 5.84. The first-order valence-corrected chi connectivity index (χ1v) is 10.9. The Hall–Kier alpha value is -2.99. The smallest absolute Gasteiger partial charge is 0.264 e. The van der Waals surface area contributed by atoms with E-state index in [4.69, 9.17) is 14.2 Å². The lowest BCUT2D eigenvalue weighted by Gasteiger charge is -2.25. The molecule has 2 aliphatic heterocycles. The minimum absolute atomic E-state index is 0.0416. The van der Waals surface area contributed by atoms with Gasteiger partial charge in [0.2, 0.25) is 0 Å². The van der Waals surface area contributed by atoms with Gasteiger partial charge in [-0.3, -0.25) is 4.79 Å². The Bertz CT molecular complexity index is 1110. The molecule has 0 radical (unpaired) electrons. The first kappa shape index (κ1) is 19.0. The molecule has 2 aromatic carbocycles. The fourth-order valence-electron chi connectivity index (χ4n) is 4.36. The number of thiophene rings is 1. The van der Waals surface area contributed by atoms with Gasteiger partial charge < -0.3 is 19.1 Å². The van der Waals surface area contributed by atoms with Crippen LogP contribution in [0.25, 0.3) is 10.4 Å². The van der Waals surface area contributed by atoms with Crippen molar-refractivity contribution >= 4 is 17.2 Å². The molecule has 1 amide bonds. The number of methoxy groups -OCH3 is 2. The van der Waals surface area contributed by atoms with Crippen LogP contribution in [0.5, 0.6) is 17.2 Å². The molecule has 0 spiro atoms. The number of hydrogen-bond donors (Lipinski definition) is 0. The number of para-hydroxylation sites is 1. The summed E-state index contributed by atoms with van der Waals surface area (Å²) in [4.78, 5) is 17.4. The maximum atomic E-state index is 13.5. The largest absolute Gasteiger partial charge is 0.493 e. The number of hydrogen-bond acceptors (Lipinski definition) is 5. The normalized spacial score (nSPS) is 17.1. The van der Waals surface area contributed by atoms with E-state index in [0.29, 0.717) is 18.1 Å². The van der Waals surface area contributed by atoms with E-state index in [9.17, 15) is 4.79 Å². The van der Waals surface area contributed by atoms with E-state index in [2.05, 4.69) is 6.07 Å². The van der Waals surface area contributed by atoms with Gasteiger partial charge in [0.05, 0.1) is 25.1 Å². The third kappa shape index (κ3) is 3.12. The van der Waals surface area contributed by atoms with E-state index >= 15 is 0 Å². The molecule has 30 heavy (non-hydrogen) atoms. The topological polar surface area (TPSA) is 48.0 Å². The minimum Gasteiger partial charge on any atom is -0.493 e. The second-order valence-electron chi connectivity index (χ2n) is 7.52. The average Bonchev–Trinajstić information content (AvgIpc) is 3.45. The summed E-state index contributed by atoms with van der Waals surface area (Å²) in [5.41, 5.74) is 3.23. The Morgan fingerprint density at radius 3 is 2.77 bits per heavy atom. The molecule has 3 heterocycles. The van der Waals surface area contributed by atoms with Crippen LogP contribution in [0.4, 0.5) is 0 Å². The molecule has 3 aromatic rings. The van der Waals surface area contributed by atoms with Gasteiger partial charge in [0.25, 0.3) is 5.91 Å². The Morgan fingerprint density at radius 2 is 1.93 bits per heavy atom. The van der Waals surface area contributed by atoms with Crippen molar-refractivity contribution in [1.82, 2.24) is 4.90 Å². The number of ether oxygens (including phenoxy) is 3. The van der Waals surface area contributed by atoms with E-state index < -0.39 is 0 Å². The summed E-state index contributed by atoms with van der Waals surface area (Å²) in [6.45, 7) is 1.27. The molecule has 6 heteroatoms. The van der Waals surface area contributed by atoms with Gasteiger partial charge >= 0.3 is 0 Å². The number of carbonyl (C=O) groups is 1. The van der Waals surface area contributed by atoms with Crippen LogP contribution in [0.3, 0.4) is 0 Å². The summed E-state index contributed by atoms with van der Waals surface area (Å²) in [6.07, 6.45) is 1.93. The van der Waals surface area contributed by atoms with E-state index in [1.165, 1.54) is 0 Å². The number of nitrogens with zero attached hydrogens (tertiary/aromatic N) is 1. The van der Waals surface area contributed by atoms with Gasteiger partial charge in [-0.05, 0) is 48.7 Å². The number of fused-ring (bicyclic) bond motifs is 3. The second-order valence-corrected chi connectivity index (χ2v) is 8.57. The molecule has 1 fully saturated rings. The maximum Gasteiger partial charge on any atom is 0.264 e. The van der Waals surface area contributed by atoms with Gasteiger partial charge in [-0.1, -0.05) is 18.2 Å². The number of benzene rings is 2. The molecule has 1 unspecified atom stereocenters. The zero-order chi connectivity index (χ0) is 20.7. The molecule has 2 aliphatic rings. The molecule has 154 valence electrons. The van der Waals surface area contributed by atoms with Crippen LogP contribution in [0, 0.1) is 0 Å². The first-order chi connectivity index (χ1) is 14.7. The highest BCUT2D eigenvalue weighted by molar-refractivity contribution is 7.17. The summed E-state index contributed by atoms with van der Waals surface area (Å²) in [6, 6.07) is 16.0. The van der Waals surface area contributed by atoms with E-state index in [0.717, 1.165) is 51.6 Å². The second kappa shape index (κ2) is 7.69. The van der Waals surface area contributed by atoms with E-state index in [-0.39, 0.29) is 11.9 Å². The highest BCUT2D eigenvalue weighted by Crippen LogP contribution is 2.44. The van der Waals surface area contributed by atoms with Gasteiger partial charge in [0, 0.05) is 22.5 Å². The van der Waals surface area contributed by atoms with Crippen molar-refractivity contribution in [3.05, 3.63) is 64.5 Å². The van der Waals surface area contributed by atoms with Crippen molar-refractivity contribution < 1.29 is 19.0 Å². The predicted octanol–water partition coefficient (Wildman–Crippen LogP) is 5.30. The quantitative estimate of drug-likeness (QED) is 0.573. The summed E-state index contributed by atoms with van der Waals surface area (Å²) >= 11 is 1.57. The standard InChI is InChI=1S/C24H23NO4S/c1-27-20-10-9-15(12-21(20)28-2)18-7-5-11-25(18)24(26)22-13-16-14-29-19-8-4-3-6-17(19)23(16)30-22/h3-4,6,8-10,12-13,18H,5,7,11,14H2,1-2H3. The van der Waals surface area contributed by atoms with Crippen molar-refractivity contribution in [1.29, 1.82) is 0 Å². The van der Waals surface area contributed by atoms with Crippen molar-refractivity contribution in [3.8, 4) is 27.7 Å². The highest BCUT2D eigenvalue weighted by Gasteiger charge is 2.33. The van der Waals surface area contributed by atoms with E-state index in [1.807, 2.05) is 47.4 Å². The molecular formula is C24H23NO4S. The fourth-order valence-corrected chi connectivity index (χ4v) is 5.52. The van der Waals surface area contributed by atoms with Crippen LogP contribution < -0.4 is 14.2 Å². The number of likely N-dealkylation sites (tertiary alicyclic amines) is 1. The van der Waals surface area contributed by atoms with Crippen molar-refractivity contribution in [2.45, 2.75) is 25.5 Å². The number of rotatable bonds is 4. The molecule has 5 nitrogen and oxygen atoms in total. The van der Waals surface area contributed by atoms with E-state index in [1.54, 1.807) is 25.6 Å². The zero-order valence-electron chi connectivity index (χ0n) is 17.0. The summed E-state index contributed by atoms with van der Waals surface area (Å²) in [5.74, 6) is 2.36. The summed E-state index contributed by atoms with van der Waals surface area (Å²) in [7, 11) is 3.26. The lowest BCUT2D eigenvalue weighted by atomic mass is 10.0. The van der Waals surface area contributed by atoms with Gasteiger partial charge in [0.1, 0.15) is 12.4 Å². The Balaban J connectivity index is 1.45. The average molecular weight is 422 g/mol. The summed E-state index contributed by atoms with van der Waals surface area (Å²) in [5, 5.41) is 0. The molecule has 0 aliphatic carbocycles. The van der Waals surface area contributed by atoms with Crippen LogP contribution in [0.1, 0.15) is 39.7 Å². The van der Waals surface area contributed by atoms with Crippen LogP contribution in [-0.2, 0) is 6.61 Å². The predicted molar refractivity (Wildman–Crippen MR) is 117 cm³/mol. The first-order valence-electron chi connectivity index (χ1n) is 10.1. The Labute approximate surface area is 179 Å². The van der Waals surface area contributed by atoms with Crippen LogP contribution in [-0.4, -0.2) is 31.6 Å². The lowest BCUT2D eigenvalue weighted by molar-refractivity contribution is 0.0740. The van der Waals surface area contributed by atoms with Gasteiger partial charge in [-0.15, -0.1) is 11.3 Å². The highest BCUT2D eigenvalue weighted by atomic mass is 32.1. The molecule has 1 atom stereocenters. The molecule has 1 aromatic heterocycles. The van der Waals surface area contributed by atoms with Gasteiger partial charge in [0.15, 0.2) is 11.5 Å². The Kier molecular flexibility index (Phi) is 4.87. The zero-order valence-corrected chi connectivity index (χ0v) is 17.8. The molecule has 0 N–H and O–H groups in total. The van der Waals surface area contributed by atoms with Crippen LogP contribution >= 0.6 is 11.3 Å². The molecule has 1 saturated heterocycles. The van der Waals surface area contributed by atoms with Gasteiger partial charge in [-0.25, -0.2) is 0 Å². The third-order valence-corrected chi connectivity index (χ3v) is 7.04. The van der Waals surface area contributed by atoms with Crippen molar-refractivity contribution in [3.63, 3.8) is 0 Å². The SMILES string of the molecule is COc1ccc(C2CCCN2C(=O)c2cc3c(s2)-c2ccccc2OC3)cc1OC. The monoisotopic (exact) mass is 421 g/mol. The molecule has 0 bridgehead atoms. The molecule has 0 saturated carbocycles. The number of carbonyl (C=O) groups excluding carboxylic acids is 1. The van der Waals surface area contributed by atoms with Crippen LogP contribution in [0.2, 0.25) is 0 Å². The fraction of sp³-hybridized carbons (Fsp3) is 0.292. The molecular weight excluding hydrogens is 398 g/mol. The lowest BCUT2D eigenvalue weighted by Crippen LogP contribution is -2.30. The number of amides is 1. The van der Waals surface area contributed by atoms with Gasteiger partial charge in [-0.2, -0.15) is 0 Å². The molecule has 5 rings (SSSR count). The Morgan fingerprint density at radius 1 is 1.10 bits per heavy atom. The van der Waals surface area contributed by atoms with Crippen LogP contribution in [0.15, 0.2) is 48.5 Å². The van der Waals surface area contributed by atoms with Crippen molar-refractivity contribution in [2.24, 2.45) is 0 Å². The minimum atomic E-state index is 0.0416. The summed E-state index contributed by atoms with van der Waals surface area (Å²) < 4.78 is 16.7.